The van der Waals surface area contributed by atoms with Crippen molar-refractivity contribution in [2.45, 2.75) is 13.0 Å². The maximum atomic E-state index is 12.8. The number of hydrogen-bond donors (Lipinski definition) is 1. The molecule has 3 rings (SSSR count). The van der Waals surface area contributed by atoms with Gasteiger partial charge >= 0.3 is 0 Å². The first-order valence-corrected chi connectivity index (χ1v) is 8.97. The van der Waals surface area contributed by atoms with E-state index in [0.717, 1.165) is 30.8 Å². The van der Waals surface area contributed by atoms with Gasteiger partial charge in [0.1, 0.15) is 12.4 Å². The van der Waals surface area contributed by atoms with Crippen molar-refractivity contribution in [3.8, 4) is 11.5 Å². The summed E-state index contributed by atoms with van der Waals surface area (Å²) in [5.74, 6) is 1.46. The molecule has 2 heterocycles. The minimum atomic E-state index is -0.153. The van der Waals surface area contributed by atoms with Gasteiger partial charge in [0, 0.05) is 32.3 Å². The summed E-state index contributed by atoms with van der Waals surface area (Å²) >= 11 is 0. The first-order chi connectivity index (χ1) is 13.0. The molecule has 0 fully saturated rings. The van der Waals surface area contributed by atoms with Crippen LogP contribution in [-0.4, -0.2) is 61.6 Å². The molecule has 1 aromatic heterocycles. The van der Waals surface area contributed by atoms with E-state index in [2.05, 4.69) is 16.9 Å². The van der Waals surface area contributed by atoms with E-state index in [9.17, 15) is 4.79 Å². The second-order valence-electron chi connectivity index (χ2n) is 6.74. The van der Waals surface area contributed by atoms with Gasteiger partial charge in [0.2, 0.25) is 0 Å². The molecule has 0 unspecified atom stereocenters. The maximum absolute atomic E-state index is 12.8. The lowest BCUT2D eigenvalue weighted by atomic mass is 10.0. The van der Waals surface area contributed by atoms with Crippen molar-refractivity contribution in [3.63, 3.8) is 0 Å². The topological polar surface area (TPSA) is 80.9 Å². The van der Waals surface area contributed by atoms with E-state index in [1.807, 2.05) is 30.3 Å². The Morgan fingerprint density at radius 1 is 1.33 bits per heavy atom. The summed E-state index contributed by atoms with van der Waals surface area (Å²) in [7, 11) is 5.39. The number of fused-ring (bicyclic) bond motifs is 1. The van der Waals surface area contributed by atoms with Crippen LogP contribution in [0.3, 0.4) is 0 Å². The molecular weight excluding hydrogens is 344 g/mol. The fourth-order valence-corrected chi connectivity index (χ4v) is 3.14. The molecule has 0 saturated carbocycles. The predicted octanol–water partition coefficient (Wildman–Crippen LogP) is 1.81. The van der Waals surface area contributed by atoms with E-state index < -0.39 is 0 Å². The summed E-state index contributed by atoms with van der Waals surface area (Å²) in [6.07, 6.45) is 0.854. The maximum Gasteiger partial charge on any atom is 0.257 e. The van der Waals surface area contributed by atoms with E-state index in [1.54, 1.807) is 19.1 Å². The number of para-hydroxylation sites is 2. The van der Waals surface area contributed by atoms with Crippen LogP contribution < -0.4 is 15.2 Å². The Labute approximate surface area is 159 Å². The molecule has 2 aromatic rings. The van der Waals surface area contributed by atoms with Crippen LogP contribution in [0, 0.1) is 0 Å². The number of hydrogen-bond acceptors (Lipinski definition) is 6. The van der Waals surface area contributed by atoms with Crippen LogP contribution in [0.2, 0.25) is 0 Å². The number of anilines is 1. The summed E-state index contributed by atoms with van der Waals surface area (Å²) in [5.41, 5.74) is 8.56. The number of aromatic nitrogens is 1. The predicted molar refractivity (Wildman–Crippen MR) is 104 cm³/mol. The number of likely N-dealkylation sites (N-methyl/N-ethyl adjacent to an activating group) is 2. The Balaban J connectivity index is 1.64. The lowest BCUT2D eigenvalue weighted by Gasteiger charge is -2.26. The SMILES string of the molecule is COc1ccccc1OCCN(C)C(=O)c1cc2c(nc1N)CCN(C)C2. The molecular formula is C20H26N4O3. The highest BCUT2D eigenvalue weighted by Gasteiger charge is 2.21. The molecule has 7 heteroatoms. The van der Waals surface area contributed by atoms with Gasteiger partial charge in [0.25, 0.3) is 5.91 Å². The zero-order valence-electron chi connectivity index (χ0n) is 16.1. The number of carbonyl (C=O) groups is 1. The fraction of sp³-hybridized carbons (Fsp3) is 0.400. The first-order valence-electron chi connectivity index (χ1n) is 8.97. The van der Waals surface area contributed by atoms with Gasteiger partial charge in [-0.2, -0.15) is 0 Å². The molecule has 0 atom stereocenters. The molecule has 1 amide bonds. The highest BCUT2D eigenvalue weighted by atomic mass is 16.5. The largest absolute Gasteiger partial charge is 0.493 e. The molecule has 144 valence electrons. The van der Waals surface area contributed by atoms with Crippen LogP contribution in [0.5, 0.6) is 11.5 Å². The van der Waals surface area contributed by atoms with Gasteiger partial charge in [-0.25, -0.2) is 4.98 Å². The van der Waals surface area contributed by atoms with Crippen LogP contribution in [0.25, 0.3) is 0 Å². The monoisotopic (exact) mass is 370 g/mol. The first kappa shape index (κ1) is 19.0. The third kappa shape index (κ3) is 4.31. The second-order valence-corrected chi connectivity index (χ2v) is 6.74. The number of nitrogens with two attached hydrogens (primary N) is 1. The highest BCUT2D eigenvalue weighted by molar-refractivity contribution is 5.98. The number of carbonyl (C=O) groups excluding carboxylic acids is 1. The number of nitrogen functional groups attached to an aromatic ring is 1. The van der Waals surface area contributed by atoms with Crippen molar-refractivity contribution < 1.29 is 14.3 Å². The van der Waals surface area contributed by atoms with E-state index in [1.165, 1.54) is 0 Å². The number of methoxy groups -OCH3 is 1. The summed E-state index contributed by atoms with van der Waals surface area (Å²) in [5, 5.41) is 0. The Kier molecular flexibility index (Phi) is 5.81. The van der Waals surface area contributed by atoms with Crippen molar-refractivity contribution in [2.24, 2.45) is 0 Å². The summed E-state index contributed by atoms with van der Waals surface area (Å²) in [4.78, 5) is 21.1. The molecule has 27 heavy (non-hydrogen) atoms. The van der Waals surface area contributed by atoms with Crippen molar-refractivity contribution in [1.29, 1.82) is 0 Å². The average molecular weight is 370 g/mol. The normalized spacial score (nSPS) is 13.7. The number of amides is 1. The van der Waals surface area contributed by atoms with E-state index in [0.29, 0.717) is 36.0 Å². The van der Waals surface area contributed by atoms with Crippen molar-refractivity contribution in [1.82, 2.24) is 14.8 Å². The molecule has 2 N–H and O–H groups in total. The van der Waals surface area contributed by atoms with Crippen molar-refractivity contribution in [3.05, 3.63) is 47.2 Å². The van der Waals surface area contributed by atoms with Gasteiger partial charge in [-0.05, 0) is 30.8 Å². The second kappa shape index (κ2) is 8.26. The zero-order chi connectivity index (χ0) is 19.4. The molecule has 0 spiro atoms. The van der Waals surface area contributed by atoms with Crippen LogP contribution in [0.4, 0.5) is 5.82 Å². The Bertz CT molecular complexity index is 825. The quantitative estimate of drug-likeness (QED) is 0.835. The number of benzene rings is 1. The van der Waals surface area contributed by atoms with Crippen LogP contribution in [0.15, 0.2) is 30.3 Å². The molecule has 7 nitrogen and oxygen atoms in total. The summed E-state index contributed by atoms with van der Waals surface area (Å²) in [6, 6.07) is 9.31. The lowest BCUT2D eigenvalue weighted by Crippen LogP contribution is -2.33. The van der Waals surface area contributed by atoms with E-state index >= 15 is 0 Å². The minimum absolute atomic E-state index is 0.153. The third-order valence-electron chi connectivity index (χ3n) is 4.72. The fourth-order valence-electron chi connectivity index (χ4n) is 3.14. The van der Waals surface area contributed by atoms with Gasteiger partial charge in [0.05, 0.1) is 19.2 Å². The van der Waals surface area contributed by atoms with Gasteiger partial charge in [-0.1, -0.05) is 12.1 Å². The molecule has 0 aliphatic carbocycles. The Morgan fingerprint density at radius 3 is 2.81 bits per heavy atom. The highest BCUT2D eigenvalue weighted by Crippen LogP contribution is 2.26. The standard InChI is InChI=1S/C20H26N4O3/c1-23-9-8-16-14(13-23)12-15(19(21)22-16)20(25)24(2)10-11-27-18-7-5-4-6-17(18)26-3/h4-7,12H,8-11,13H2,1-3H3,(H2,21,22). The van der Waals surface area contributed by atoms with Gasteiger partial charge < -0.3 is 25.0 Å². The minimum Gasteiger partial charge on any atom is -0.493 e. The number of nitrogens with zero attached hydrogens (tertiary/aromatic N) is 3. The zero-order valence-corrected chi connectivity index (χ0v) is 16.1. The van der Waals surface area contributed by atoms with Gasteiger partial charge in [0.15, 0.2) is 11.5 Å². The van der Waals surface area contributed by atoms with Crippen LogP contribution in [-0.2, 0) is 13.0 Å². The lowest BCUT2D eigenvalue weighted by molar-refractivity contribution is 0.0773. The van der Waals surface area contributed by atoms with Crippen molar-refractivity contribution >= 4 is 11.7 Å². The summed E-state index contributed by atoms with van der Waals surface area (Å²) < 4.78 is 11.0. The Hall–Kier alpha value is -2.80. The van der Waals surface area contributed by atoms with E-state index in [4.69, 9.17) is 15.2 Å². The van der Waals surface area contributed by atoms with E-state index in [-0.39, 0.29) is 5.91 Å². The summed E-state index contributed by atoms with van der Waals surface area (Å²) in [6.45, 7) is 2.51. The number of pyridine rings is 1. The van der Waals surface area contributed by atoms with Crippen LogP contribution >= 0.6 is 0 Å². The van der Waals surface area contributed by atoms with Crippen molar-refractivity contribution in [2.75, 3.05) is 46.6 Å². The Morgan fingerprint density at radius 2 is 2.07 bits per heavy atom. The molecule has 0 saturated heterocycles. The van der Waals surface area contributed by atoms with Gasteiger partial charge in [-0.3, -0.25) is 4.79 Å². The molecule has 0 radical (unpaired) electrons. The molecule has 1 aliphatic heterocycles. The molecule has 1 aliphatic rings. The third-order valence-corrected chi connectivity index (χ3v) is 4.72. The molecule has 1 aromatic carbocycles. The smallest absolute Gasteiger partial charge is 0.257 e. The number of rotatable bonds is 6. The molecule has 0 bridgehead atoms. The number of ether oxygens (including phenoxy) is 2. The van der Waals surface area contributed by atoms with Gasteiger partial charge in [-0.15, -0.1) is 0 Å². The van der Waals surface area contributed by atoms with Crippen LogP contribution in [0.1, 0.15) is 21.6 Å². The average Bonchev–Trinajstić information content (AvgIpc) is 2.67.